The monoisotopic (exact) mass is 511 g/mol. The summed E-state index contributed by atoms with van der Waals surface area (Å²) in [6.45, 7) is 6.64. The van der Waals surface area contributed by atoms with Crippen molar-refractivity contribution in [1.29, 1.82) is 0 Å². The summed E-state index contributed by atoms with van der Waals surface area (Å²) in [7, 11) is 0. The van der Waals surface area contributed by atoms with Crippen LogP contribution in [0, 0.1) is 6.92 Å². The maximum absolute atomic E-state index is 13.8. The predicted molar refractivity (Wildman–Crippen MR) is 145 cm³/mol. The molecule has 0 aliphatic carbocycles. The molecule has 0 spiro atoms. The van der Waals surface area contributed by atoms with Gasteiger partial charge >= 0.3 is 5.97 Å². The number of hydrogen-bond acceptors (Lipinski definition) is 6. The van der Waals surface area contributed by atoms with E-state index in [9.17, 15) is 14.4 Å². The standard InChI is InChI=1S/C31H29NO6/c1-4-6-17-37-23-14-10-20(11-15-23)27-26-28(33)24-18-19(3)7-16-25(24)38-29(26)30(34)32(27)22-12-8-21(9-13-22)31(35)36-5-2/h7-16,18,27H,4-6,17H2,1-3H3. The summed E-state index contributed by atoms with van der Waals surface area (Å²) in [4.78, 5) is 41.3. The number of hydrogen-bond donors (Lipinski definition) is 0. The molecule has 2 heterocycles. The van der Waals surface area contributed by atoms with E-state index in [2.05, 4.69) is 6.92 Å². The highest BCUT2D eigenvalue weighted by Gasteiger charge is 2.43. The fourth-order valence-corrected chi connectivity index (χ4v) is 4.72. The molecule has 7 nitrogen and oxygen atoms in total. The highest BCUT2D eigenvalue weighted by Crippen LogP contribution is 2.41. The van der Waals surface area contributed by atoms with Crippen LogP contribution in [0.25, 0.3) is 11.0 Å². The van der Waals surface area contributed by atoms with Gasteiger partial charge in [0.1, 0.15) is 11.3 Å². The van der Waals surface area contributed by atoms with E-state index in [4.69, 9.17) is 13.9 Å². The first-order valence-corrected chi connectivity index (χ1v) is 12.8. The van der Waals surface area contributed by atoms with Crippen LogP contribution in [0.5, 0.6) is 5.75 Å². The van der Waals surface area contributed by atoms with Gasteiger partial charge in [-0.25, -0.2) is 4.79 Å². The molecule has 1 amide bonds. The van der Waals surface area contributed by atoms with E-state index >= 15 is 0 Å². The number of aryl methyl sites for hydroxylation is 1. The Hall–Kier alpha value is -4.39. The molecule has 1 aromatic heterocycles. The van der Waals surface area contributed by atoms with Gasteiger partial charge in [-0.2, -0.15) is 0 Å². The Labute approximate surface area is 220 Å². The second-order valence-electron chi connectivity index (χ2n) is 9.29. The van der Waals surface area contributed by atoms with Crippen LogP contribution in [-0.2, 0) is 4.74 Å². The van der Waals surface area contributed by atoms with E-state index in [1.807, 2.05) is 37.3 Å². The van der Waals surface area contributed by atoms with Gasteiger partial charge in [0.2, 0.25) is 5.76 Å². The van der Waals surface area contributed by atoms with Crippen molar-refractivity contribution < 1.29 is 23.5 Å². The SMILES string of the molecule is CCCCOc1ccc(C2c3c(oc4ccc(C)cc4c3=O)C(=O)N2c2ccc(C(=O)OCC)cc2)cc1. The van der Waals surface area contributed by atoms with Crippen LogP contribution in [-0.4, -0.2) is 25.1 Å². The summed E-state index contributed by atoms with van der Waals surface area (Å²) in [6.07, 6.45) is 1.99. The molecule has 1 atom stereocenters. The Kier molecular flexibility index (Phi) is 7.01. The first-order valence-electron chi connectivity index (χ1n) is 12.8. The van der Waals surface area contributed by atoms with Gasteiger partial charge in [0, 0.05) is 5.69 Å². The molecule has 0 N–H and O–H groups in total. The van der Waals surface area contributed by atoms with E-state index < -0.39 is 17.9 Å². The van der Waals surface area contributed by atoms with E-state index in [1.165, 1.54) is 0 Å². The Morgan fingerprint density at radius 1 is 0.974 bits per heavy atom. The van der Waals surface area contributed by atoms with Crippen LogP contribution in [0.4, 0.5) is 5.69 Å². The summed E-state index contributed by atoms with van der Waals surface area (Å²) >= 11 is 0. The highest BCUT2D eigenvalue weighted by atomic mass is 16.5. The summed E-state index contributed by atoms with van der Waals surface area (Å²) < 4.78 is 16.9. The third-order valence-corrected chi connectivity index (χ3v) is 6.64. The van der Waals surface area contributed by atoms with Gasteiger partial charge in [-0.15, -0.1) is 0 Å². The van der Waals surface area contributed by atoms with E-state index in [0.717, 1.165) is 29.7 Å². The number of nitrogens with zero attached hydrogens (tertiary/aromatic N) is 1. The number of carbonyl (C=O) groups excluding carboxylic acids is 2. The topological polar surface area (TPSA) is 86.0 Å². The molecular formula is C31H29NO6. The van der Waals surface area contributed by atoms with Crippen molar-refractivity contribution in [2.24, 2.45) is 0 Å². The van der Waals surface area contributed by atoms with Gasteiger partial charge in [0.05, 0.1) is 35.8 Å². The summed E-state index contributed by atoms with van der Waals surface area (Å²) in [5.41, 5.74) is 2.99. The molecular weight excluding hydrogens is 482 g/mol. The second-order valence-corrected chi connectivity index (χ2v) is 9.29. The Bertz CT molecular complexity index is 1550. The van der Waals surface area contributed by atoms with Gasteiger partial charge in [-0.05, 0) is 74.4 Å². The van der Waals surface area contributed by atoms with Gasteiger partial charge in [0.25, 0.3) is 5.91 Å². The molecule has 7 heteroatoms. The van der Waals surface area contributed by atoms with Gasteiger partial charge in [-0.3, -0.25) is 14.5 Å². The molecule has 4 aromatic rings. The van der Waals surface area contributed by atoms with E-state index in [0.29, 0.717) is 34.4 Å². The van der Waals surface area contributed by atoms with Gasteiger partial charge in [0.15, 0.2) is 5.43 Å². The molecule has 1 aliphatic rings. The minimum Gasteiger partial charge on any atom is -0.494 e. The Morgan fingerprint density at radius 2 is 1.71 bits per heavy atom. The molecule has 0 fully saturated rings. The zero-order valence-corrected chi connectivity index (χ0v) is 21.7. The van der Waals surface area contributed by atoms with Crippen molar-refractivity contribution in [2.45, 2.75) is 39.7 Å². The maximum Gasteiger partial charge on any atom is 0.338 e. The molecule has 3 aromatic carbocycles. The van der Waals surface area contributed by atoms with Crippen molar-refractivity contribution in [1.82, 2.24) is 0 Å². The minimum atomic E-state index is -0.711. The van der Waals surface area contributed by atoms with E-state index in [-0.39, 0.29) is 17.8 Å². The van der Waals surface area contributed by atoms with Gasteiger partial charge < -0.3 is 13.9 Å². The second kappa shape index (κ2) is 10.5. The highest BCUT2D eigenvalue weighted by molar-refractivity contribution is 6.10. The first kappa shape index (κ1) is 25.3. The summed E-state index contributed by atoms with van der Waals surface area (Å²) in [6, 6.07) is 18.7. The molecule has 1 aliphatic heterocycles. The predicted octanol–water partition coefficient (Wildman–Crippen LogP) is 6.21. The van der Waals surface area contributed by atoms with E-state index in [1.54, 1.807) is 48.2 Å². The number of ether oxygens (including phenoxy) is 2. The maximum atomic E-state index is 13.8. The Morgan fingerprint density at radius 3 is 2.39 bits per heavy atom. The molecule has 0 bridgehead atoms. The van der Waals surface area contributed by atoms with Crippen LogP contribution in [0.15, 0.2) is 75.9 Å². The number of benzene rings is 3. The molecule has 0 radical (unpaired) electrons. The average Bonchev–Trinajstić information content (AvgIpc) is 3.22. The van der Waals surface area contributed by atoms with Gasteiger partial charge in [-0.1, -0.05) is 37.1 Å². The van der Waals surface area contributed by atoms with Crippen molar-refractivity contribution in [3.05, 3.63) is 105 Å². The lowest BCUT2D eigenvalue weighted by atomic mass is 9.97. The lowest BCUT2D eigenvalue weighted by Crippen LogP contribution is -2.29. The number of unbranched alkanes of at least 4 members (excludes halogenated alkanes) is 1. The fraction of sp³-hybridized carbons (Fsp3) is 0.258. The first-order chi connectivity index (χ1) is 18.4. The van der Waals surface area contributed by atoms with Crippen LogP contribution in [0.1, 0.15) is 70.3 Å². The van der Waals surface area contributed by atoms with Crippen LogP contribution in [0.2, 0.25) is 0 Å². The van der Waals surface area contributed by atoms with Crippen LogP contribution >= 0.6 is 0 Å². The number of fused-ring (bicyclic) bond motifs is 2. The molecule has 1 unspecified atom stereocenters. The Balaban J connectivity index is 1.62. The normalized spacial score (nSPS) is 14.6. The lowest BCUT2D eigenvalue weighted by Gasteiger charge is -2.25. The number of esters is 1. The molecule has 0 saturated heterocycles. The largest absolute Gasteiger partial charge is 0.494 e. The average molecular weight is 512 g/mol. The van der Waals surface area contributed by atoms with Crippen LogP contribution < -0.4 is 15.1 Å². The van der Waals surface area contributed by atoms with Crippen molar-refractivity contribution in [3.63, 3.8) is 0 Å². The third kappa shape index (κ3) is 4.56. The molecule has 0 saturated carbocycles. The van der Waals surface area contributed by atoms with Crippen molar-refractivity contribution in [3.8, 4) is 5.75 Å². The third-order valence-electron chi connectivity index (χ3n) is 6.64. The lowest BCUT2D eigenvalue weighted by molar-refractivity contribution is 0.0526. The number of rotatable bonds is 8. The number of anilines is 1. The smallest absolute Gasteiger partial charge is 0.338 e. The number of carbonyl (C=O) groups is 2. The molecule has 5 rings (SSSR count). The molecule has 38 heavy (non-hydrogen) atoms. The zero-order valence-electron chi connectivity index (χ0n) is 21.7. The van der Waals surface area contributed by atoms with Crippen LogP contribution in [0.3, 0.4) is 0 Å². The summed E-state index contributed by atoms with van der Waals surface area (Å²) in [5, 5.41) is 0.431. The molecule has 194 valence electrons. The van der Waals surface area contributed by atoms with Crippen molar-refractivity contribution in [2.75, 3.05) is 18.1 Å². The minimum absolute atomic E-state index is 0.0223. The van der Waals surface area contributed by atoms with Crippen molar-refractivity contribution >= 4 is 28.5 Å². The summed E-state index contributed by atoms with van der Waals surface area (Å²) in [5.74, 6) is -0.118. The quantitative estimate of drug-likeness (QED) is 0.207. The number of amides is 1. The zero-order chi connectivity index (χ0) is 26.8. The fourth-order valence-electron chi connectivity index (χ4n) is 4.72.